The van der Waals surface area contributed by atoms with E-state index >= 15 is 0 Å². The number of fused-ring (bicyclic) bond motifs is 2. The molecule has 2 aliphatic rings. The highest BCUT2D eigenvalue weighted by Gasteiger charge is 2.49. The molecule has 1 spiro atoms. The van der Waals surface area contributed by atoms with Crippen LogP contribution in [0.2, 0.25) is 0 Å². The maximum atomic E-state index is 12.9. The molecule has 144 valence electrons. The summed E-state index contributed by atoms with van der Waals surface area (Å²) in [5.74, 6) is 0.182. The van der Waals surface area contributed by atoms with Gasteiger partial charge in [0.1, 0.15) is 18.7 Å². The lowest BCUT2D eigenvalue weighted by molar-refractivity contribution is -0.145. The second-order valence-corrected chi connectivity index (χ2v) is 7.29. The van der Waals surface area contributed by atoms with Crippen molar-refractivity contribution in [2.75, 3.05) is 19.6 Å². The normalized spacial score (nSPS) is 19.8. The lowest BCUT2D eigenvalue weighted by Gasteiger charge is -2.50. The molecule has 1 saturated heterocycles. The third-order valence-corrected chi connectivity index (χ3v) is 5.96. The van der Waals surface area contributed by atoms with E-state index in [-0.39, 0.29) is 17.9 Å². The maximum absolute atomic E-state index is 12.9. The van der Waals surface area contributed by atoms with Crippen LogP contribution in [-0.2, 0) is 21.5 Å². The van der Waals surface area contributed by atoms with Crippen LogP contribution in [0.25, 0.3) is 0 Å². The quantitative estimate of drug-likeness (QED) is 0.863. The van der Waals surface area contributed by atoms with Gasteiger partial charge in [-0.15, -0.1) is 0 Å². The Bertz CT molecular complexity index is 821. The van der Waals surface area contributed by atoms with Gasteiger partial charge >= 0.3 is 0 Å². The topological polar surface area (TPSA) is 100 Å². The number of hydrogen-bond donors (Lipinski definition) is 1. The molecule has 0 bridgehead atoms. The summed E-state index contributed by atoms with van der Waals surface area (Å²) in [5, 5.41) is 4.08. The van der Waals surface area contributed by atoms with Gasteiger partial charge in [-0.1, -0.05) is 6.92 Å². The molecule has 2 aromatic rings. The van der Waals surface area contributed by atoms with Crippen LogP contribution in [0, 0.1) is 0 Å². The van der Waals surface area contributed by atoms with E-state index in [2.05, 4.69) is 20.1 Å². The van der Waals surface area contributed by atoms with Crippen molar-refractivity contribution in [2.45, 2.75) is 51.1 Å². The molecule has 2 amide bonds. The first-order chi connectivity index (χ1) is 13.1. The second kappa shape index (κ2) is 6.79. The van der Waals surface area contributed by atoms with Gasteiger partial charge in [0.25, 0.3) is 0 Å². The van der Waals surface area contributed by atoms with Crippen LogP contribution in [0.3, 0.4) is 0 Å². The molecule has 0 aliphatic carbocycles. The standard InChI is InChI=1S/C18H25N7O2/c1-3-15(26)24-7-4-14-16(21-11-20-14)18(24)5-8-23(9-6-18)17(27)13(2)25-12-19-10-22-25/h10-13H,3-9H2,1-2H3,(H,20,21)/t13-/m0/s1. The van der Waals surface area contributed by atoms with Crippen LogP contribution in [0.1, 0.15) is 50.5 Å². The average molecular weight is 371 g/mol. The summed E-state index contributed by atoms with van der Waals surface area (Å²) in [7, 11) is 0. The smallest absolute Gasteiger partial charge is 0.247 e. The van der Waals surface area contributed by atoms with Gasteiger partial charge in [0.05, 0.1) is 17.6 Å². The number of likely N-dealkylation sites (tertiary alicyclic amines) is 1. The number of aromatic nitrogens is 5. The molecule has 4 rings (SSSR count). The highest BCUT2D eigenvalue weighted by molar-refractivity contribution is 5.80. The molecule has 0 radical (unpaired) electrons. The summed E-state index contributed by atoms with van der Waals surface area (Å²) in [6, 6.07) is -0.387. The highest BCUT2D eigenvalue weighted by atomic mass is 16.2. The lowest BCUT2D eigenvalue weighted by atomic mass is 9.78. The first-order valence-electron chi connectivity index (χ1n) is 9.53. The Kier molecular flexibility index (Phi) is 4.45. The van der Waals surface area contributed by atoms with Crippen molar-refractivity contribution in [1.29, 1.82) is 0 Å². The Hall–Kier alpha value is -2.71. The molecule has 0 saturated carbocycles. The zero-order chi connectivity index (χ0) is 19.0. The molecule has 0 unspecified atom stereocenters. The molecule has 1 fully saturated rings. The number of carbonyl (C=O) groups excluding carboxylic acids is 2. The van der Waals surface area contributed by atoms with Gasteiger partial charge in [0, 0.05) is 38.2 Å². The Balaban J connectivity index is 1.55. The number of H-pyrrole nitrogens is 1. The van der Waals surface area contributed by atoms with Crippen LogP contribution in [-0.4, -0.2) is 66.0 Å². The minimum Gasteiger partial charge on any atom is -0.348 e. The summed E-state index contributed by atoms with van der Waals surface area (Å²) in [5.41, 5.74) is 1.69. The van der Waals surface area contributed by atoms with E-state index in [1.54, 1.807) is 17.3 Å². The fraction of sp³-hybridized carbons (Fsp3) is 0.611. The SMILES string of the molecule is CCC(=O)N1CCc2[nH]cnc2C12CCN(C(=O)[C@H](C)n1cncn1)CC2. The number of nitrogens with zero attached hydrogens (tertiary/aromatic N) is 6. The number of amides is 2. The number of nitrogens with one attached hydrogen (secondary N) is 1. The third-order valence-electron chi connectivity index (χ3n) is 5.96. The molecule has 27 heavy (non-hydrogen) atoms. The summed E-state index contributed by atoms with van der Waals surface area (Å²) < 4.78 is 1.58. The zero-order valence-corrected chi connectivity index (χ0v) is 15.8. The molecule has 1 N–H and O–H groups in total. The van der Waals surface area contributed by atoms with Crippen LogP contribution >= 0.6 is 0 Å². The molecule has 9 nitrogen and oxygen atoms in total. The number of aromatic amines is 1. The fourth-order valence-corrected chi connectivity index (χ4v) is 4.43. The number of carbonyl (C=O) groups is 2. The minimum absolute atomic E-state index is 0.0294. The van der Waals surface area contributed by atoms with Crippen molar-refractivity contribution >= 4 is 11.8 Å². The monoisotopic (exact) mass is 371 g/mol. The van der Waals surface area contributed by atoms with E-state index in [4.69, 9.17) is 0 Å². The van der Waals surface area contributed by atoms with Gasteiger partial charge in [-0.2, -0.15) is 5.10 Å². The predicted molar refractivity (Wildman–Crippen MR) is 96.5 cm³/mol. The zero-order valence-electron chi connectivity index (χ0n) is 15.8. The van der Waals surface area contributed by atoms with E-state index < -0.39 is 5.54 Å². The molecule has 2 aromatic heterocycles. The van der Waals surface area contributed by atoms with E-state index in [1.165, 1.54) is 6.33 Å². The van der Waals surface area contributed by atoms with Crippen molar-refractivity contribution in [1.82, 2.24) is 34.5 Å². The molecule has 0 aromatic carbocycles. The van der Waals surface area contributed by atoms with Crippen molar-refractivity contribution < 1.29 is 9.59 Å². The first kappa shape index (κ1) is 17.7. The summed E-state index contributed by atoms with van der Waals surface area (Å²) in [6.07, 6.45) is 7.40. The van der Waals surface area contributed by atoms with Crippen molar-refractivity contribution in [3.63, 3.8) is 0 Å². The van der Waals surface area contributed by atoms with Gasteiger partial charge < -0.3 is 14.8 Å². The summed E-state index contributed by atoms with van der Waals surface area (Å²) in [6.45, 7) is 5.62. The third kappa shape index (κ3) is 2.81. The number of imidazole rings is 1. The van der Waals surface area contributed by atoms with Gasteiger partial charge in [0.15, 0.2) is 0 Å². The van der Waals surface area contributed by atoms with Gasteiger partial charge in [-0.3, -0.25) is 9.59 Å². The highest BCUT2D eigenvalue weighted by Crippen LogP contribution is 2.42. The molecular weight excluding hydrogens is 346 g/mol. The first-order valence-corrected chi connectivity index (χ1v) is 9.53. The van der Waals surface area contributed by atoms with Crippen molar-refractivity contribution in [3.8, 4) is 0 Å². The molecule has 4 heterocycles. The fourth-order valence-electron chi connectivity index (χ4n) is 4.43. The average Bonchev–Trinajstić information content (AvgIpc) is 3.39. The van der Waals surface area contributed by atoms with Crippen LogP contribution in [0.15, 0.2) is 19.0 Å². The molecule has 1 atom stereocenters. The van der Waals surface area contributed by atoms with Crippen LogP contribution < -0.4 is 0 Å². The van der Waals surface area contributed by atoms with E-state index in [0.29, 0.717) is 38.9 Å². The van der Waals surface area contributed by atoms with Gasteiger partial charge in [-0.05, 0) is 19.8 Å². The number of rotatable bonds is 3. The number of hydrogen-bond acceptors (Lipinski definition) is 5. The Morgan fingerprint density at radius 3 is 2.74 bits per heavy atom. The molecule has 2 aliphatic heterocycles. The Morgan fingerprint density at radius 1 is 1.30 bits per heavy atom. The maximum Gasteiger partial charge on any atom is 0.247 e. The summed E-state index contributed by atoms with van der Waals surface area (Å²) in [4.78, 5) is 41.1. The van der Waals surface area contributed by atoms with Crippen LogP contribution in [0.5, 0.6) is 0 Å². The van der Waals surface area contributed by atoms with Crippen molar-refractivity contribution in [3.05, 3.63) is 30.4 Å². The number of piperidine rings is 1. The minimum atomic E-state index is -0.409. The second-order valence-electron chi connectivity index (χ2n) is 7.29. The van der Waals surface area contributed by atoms with E-state index in [0.717, 1.165) is 17.8 Å². The van der Waals surface area contributed by atoms with Crippen molar-refractivity contribution in [2.24, 2.45) is 0 Å². The Morgan fingerprint density at radius 2 is 2.07 bits per heavy atom. The molecular formula is C18H25N7O2. The Labute approximate surface area is 157 Å². The van der Waals surface area contributed by atoms with Gasteiger partial charge in [0.2, 0.25) is 11.8 Å². The summed E-state index contributed by atoms with van der Waals surface area (Å²) >= 11 is 0. The van der Waals surface area contributed by atoms with Gasteiger partial charge in [-0.25, -0.2) is 14.6 Å². The lowest BCUT2D eigenvalue weighted by Crippen LogP contribution is -2.59. The van der Waals surface area contributed by atoms with Crippen LogP contribution in [0.4, 0.5) is 0 Å². The van der Waals surface area contributed by atoms with E-state index in [9.17, 15) is 9.59 Å². The largest absolute Gasteiger partial charge is 0.348 e. The van der Waals surface area contributed by atoms with E-state index in [1.807, 2.05) is 23.6 Å². The molecule has 9 heteroatoms. The predicted octanol–water partition coefficient (Wildman–Crippen LogP) is 0.875.